The maximum Gasteiger partial charge on any atom is 0.573 e. The molecular formula is C16H14F6N4O2. The molecule has 0 unspecified atom stereocenters. The Morgan fingerprint density at radius 1 is 1.07 bits per heavy atom. The molecule has 0 spiro atoms. The Bertz CT molecular complexity index is 823. The number of aromatic nitrogens is 1. The molecule has 152 valence electrons. The largest absolute Gasteiger partial charge is 0.573 e. The summed E-state index contributed by atoms with van der Waals surface area (Å²) in [5, 5.41) is 2.42. The van der Waals surface area contributed by atoms with Gasteiger partial charge in [-0.2, -0.15) is 13.2 Å². The maximum atomic E-state index is 12.8. The van der Waals surface area contributed by atoms with Crippen LogP contribution in [0.1, 0.15) is 5.56 Å². The fourth-order valence-electron chi connectivity index (χ4n) is 1.99. The Labute approximate surface area is 155 Å². The van der Waals surface area contributed by atoms with E-state index in [1.807, 2.05) is 0 Å². The fraction of sp³-hybridized carbons (Fsp3) is 0.250. The summed E-state index contributed by atoms with van der Waals surface area (Å²) in [6.07, 6.45) is -8.38. The van der Waals surface area contributed by atoms with Gasteiger partial charge in [-0.05, 0) is 24.3 Å². The SMILES string of the molecule is NC(=NCCOc1ncccc1C(F)(F)F)Nc1ccccc1OC(F)(F)F. The highest BCUT2D eigenvalue weighted by molar-refractivity contribution is 5.93. The van der Waals surface area contributed by atoms with E-state index in [9.17, 15) is 26.3 Å². The van der Waals surface area contributed by atoms with Crippen LogP contribution in [0, 0.1) is 0 Å². The lowest BCUT2D eigenvalue weighted by atomic mass is 10.2. The van der Waals surface area contributed by atoms with E-state index < -0.39 is 29.7 Å². The van der Waals surface area contributed by atoms with Crippen LogP contribution in [0.25, 0.3) is 0 Å². The summed E-state index contributed by atoms with van der Waals surface area (Å²) >= 11 is 0. The molecule has 3 N–H and O–H groups in total. The van der Waals surface area contributed by atoms with Gasteiger partial charge < -0.3 is 20.5 Å². The molecule has 28 heavy (non-hydrogen) atoms. The molecule has 0 radical (unpaired) electrons. The molecule has 6 nitrogen and oxygen atoms in total. The molecule has 0 amide bonds. The molecule has 0 aliphatic rings. The third-order valence-corrected chi connectivity index (χ3v) is 3.06. The van der Waals surface area contributed by atoms with Crippen LogP contribution < -0.4 is 20.5 Å². The molecule has 0 aliphatic carbocycles. The number of guanidine groups is 1. The van der Waals surface area contributed by atoms with E-state index in [1.165, 1.54) is 18.2 Å². The lowest BCUT2D eigenvalue weighted by Crippen LogP contribution is -2.25. The Morgan fingerprint density at radius 3 is 2.46 bits per heavy atom. The van der Waals surface area contributed by atoms with Gasteiger partial charge in [-0.3, -0.25) is 0 Å². The Kier molecular flexibility index (Phi) is 6.54. The van der Waals surface area contributed by atoms with Crippen molar-refractivity contribution < 1.29 is 35.8 Å². The van der Waals surface area contributed by atoms with Crippen LogP contribution in [-0.2, 0) is 6.18 Å². The Balaban J connectivity index is 1.95. The summed E-state index contributed by atoms with van der Waals surface area (Å²) < 4.78 is 84.4. The number of aliphatic imine (C=N–C) groups is 1. The van der Waals surface area contributed by atoms with Gasteiger partial charge in [-0.1, -0.05) is 12.1 Å². The summed E-state index contributed by atoms with van der Waals surface area (Å²) in [7, 11) is 0. The zero-order valence-electron chi connectivity index (χ0n) is 14.0. The lowest BCUT2D eigenvalue weighted by Gasteiger charge is -2.14. The number of hydrogen-bond donors (Lipinski definition) is 2. The van der Waals surface area contributed by atoms with E-state index in [2.05, 4.69) is 20.0 Å². The summed E-state index contributed by atoms with van der Waals surface area (Å²) in [5.41, 5.74) is 4.44. The number of hydrogen-bond acceptors (Lipinski definition) is 4. The molecule has 1 heterocycles. The molecule has 2 rings (SSSR count). The first kappa shape index (κ1) is 21.1. The van der Waals surface area contributed by atoms with Crippen molar-refractivity contribution in [3.05, 3.63) is 48.2 Å². The number of nitrogens with zero attached hydrogens (tertiary/aromatic N) is 2. The van der Waals surface area contributed by atoms with Crippen molar-refractivity contribution in [2.75, 3.05) is 18.5 Å². The average Bonchev–Trinajstić information content (AvgIpc) is 2.59. The summed E-state index contributed by atoms with van der Waals surface area (Å²) in [6, 6.07) is 7.07. The number of halogens is 6. The lowest BCUT2D eigenvalue weighted by molar-refractivity contribution is -0.274. The number of ether oxygens (including phenoxy) is 2. The van der Waals surface area contributed by atoms with E-state index >= 15 is 0 Å². The second-order valence-corrected chi connectivity index (χ2v) is 5.14. The zero-order valence-corrected chi connectivity index (χ0v) is 14.0. The molecule has 12 heteroatoms. The van der Waals surface area contributed by atoms with Gasteiger partial charge in [0, 0.05) is 6.20 Å². The van der Waals surface area contributed by atoms with Crippen LogP contribution in [0.2, 0.25) is 0 Å². The molecule has 0 fully saturated rings. The van der Waals surface area contributed by atoms with Gasteiger partial charge in [0.1, 0.15) is 12.2 Å². The number of rotatable bonds is 6. The van der Waals surface area contributed by atoms with Gasteiger partial charge >= 0.3 is 12.5 Å². The quantitative estimate of drug-likeness (QED) is 0.329. The number of para-hydroxylation sites is 2. The number of benzene rings is 1. The van der Waals surface area contributed by atoms with Crippen LogP contribution in [-0.4, -0.2) is 30.5 Å². The van der Waals surface area contributed by atoms with Gasteiger partial charge in [0.15, 0.2) is 11.7 Å². The molecule has 2 aromatic rings. The second kappa shape index (κ2) is 8.67. The van der Waals surface area contributed by atoms with Crippen molar-refractivity contribution in [1.29, 1.82) is 0 Å². The molecular weight excluding hydrogens is 394 g/mol. The predicted octanol–water partition coefficient (Wildman–Crippen LogP) is 3.80. The Hall–Kier alpha value is -3.18. The van der Waals surface area contributed by atoms with Crippen molar-refractivity contribution in [3.8, 4) is 11.6 Å². The van der Waals surface area contributed by atoms with E-state index in [1.54, 1.807) is 0 Å². The first-order valence-corrected chi connectivity index (χ1v) is 7.63. The monoisotopic (exact) mass is 408 g/mol. The molecule has 0 aliphatic heterocycles. The van der Waals surface area contributed by atoms with Crippen LogP contribution in [0.4, 0.5) is 32.0 Å². The van der Waals surface area contributed by atoms with Crippen LogP contribution in [0.5, 0.6) is 11.6 Å². The predicted molar refractivity (Wildman–Crippen MR) is 88.0 cm³/mol. The van der Waals surface area contributed by atoms with E-state index in [0.29, 0.717) is 0 Å². The first-order valence-electron chi connectivity index (χ1n) is 7.63. The Morgan fingerprint density at radius 2 is 1.79 bits per heavy atom. The van der Waals surface area contributed by atoms with Gasteiger partial charge in [0.25, 0.3) is 0 Å². The number of alkyl halides is 6. The van der Waals surface area contributed by atoms with Gasteiger partial charge in [0.2, 0.25) is 5.88 Å². The summed E-state index contributed by atoms with van der Waals surface area (Å²) in [5.74, 6) is -1.41. The molecule has 0 bridgehead atoms. The normalized spacial score (nSPS) is 12.6. The molecule has 1 aromatic carbocycles. The minimum atomic E-state index is -4.89. The zero-order chi connectivity index (χ0) is 20.8. The van der Waals surface area contributed by atoms with E-state index in [-0.39, 0.29) is 24.8 Å². The summed E-state index contributed by atoms with van der Waals surface area (Å²) in [6.45, 7) is -0.460. The van der Waals surface area contributed by atoms with Gasteiger partial charge in [0.05, 0.1) is 12.2 Å². The number of anilines is 1. The first-order chi connectivity index (χ1) is 13.1. The molecule has 0 saturated heterocycles. The highest BCUT2D eigenvalue weighted by atomic mass is 19.4. The van der Waals surface area contributed by atoms with Gasteiger partial charge in [-0.25, -0.2) is 9.98 Å². The van der Waals surface area contributed by atoms with Crippen LogP contribution in [0.3, 0.4) is 0 Å². The minimum absolute atomic E-state index is 0.0916. The van der Waals surface area contributed by atoms with E-state index in [0.717, 1.165) is 24.4 Å². The third-order valence-electron chi connectivity index (χ3n) is 3.06. The smallest absolute Gasteiger partial charge is 0.475 e. The molecule has 0 atom stereocenters. The van der Waals surface area contributed by atoms with Crippen molar-refractivity contribution >= 4 is 11.6 Å². The molecule has 0 saturated carbocycles. The third kappa shape index (κ3) is 6.52. The standard InChI is InChI=1S/C16H14F6N4O2/c17-15(18,19)10-4-3-7-24-13(10)27-9-8-25-14(23)26-11-5-1-2-6-12(11)28-16(20,21)22/h1-7H,8-9H2,(H3,23,25,26). The summed E-state index contributed by atoms with van der Waals surface area (Å²) in [4.78, 5) is 7.29. The number of pyridine rings is 1. The van der Waals surface area contributed by atoms with Crippen molar-refractivity contribution in [2.24, 2.45) is 10.7 Å². The number of nitrogens with two attached hydrogens (primary N) is 1. The minimum Gasteiger partial charge on any atom is -0.475 e. The highest BCUT2D eigenvalue weighted by Crippen LogP contribution is 2.34. The fourth-order valence-corrected chi connectivity index (χ4v) is 1.99. The second-order valence-electron chi connectivity index (χ2n) is 5.14. The van der Waals surface area contributed by atoms with Crippen LogP contribution in [0.15, 0.2) is 47.6 Å². The highest BCUT2D eigenvalue weighted by Gasteiger charge is 2.35. The topological polar surface area (TPSA) is 81.8 Å². The van der Waals surface area contributed by atoms with Crippen molar-refractivity contribution in [2.45, 2.75) is 12.5 Å². The van der Waals surface area contributed by atoms with Gasteiger partial charge in [-0.15, -0.1) is 13.2 Å². The number of nitrogens with one attached hydrogen (secondary N) is 1. The maximum absolute atomic E-state index is 12.8. The van der Waals surface area contributed by atoms with Crippen molar-refractivity contribution in [1.82, 2.24) is 4.98 Å². The van der Waals surface area contributed by atoms with Crippen molar-refractivity contribution in [3.63, 3.8) is 0 Å². The van der Waals surface area contributed by atoms with E-state index in [4.69, 9.17) is 10.5 Å². The van der Waals surface area contributed by atoms with Crippen LogP contribution >= 0.6 is 0 Å². The average molecular weight is 408 g/mol. The molecule has 1 aromatic heterocycles.